The molecule has 0 N–H and O–H groups in total. The van der Waals surface area contributed by atoms with Crippen molar-refractivity contribution in [2.24, 2.45) is 0 Å². The Morgan fingerprint density at radius 1 is 1.00 bits per heavy atom. The number of halogens is 1. The smallest absolute Gasteiger partial charge is 0.308 e. The lowest BCUT2D eigenvalue weighted by Gasteiger charge is -2.36. The van der Waals surface area contributed by atoms with Gasteiger partial charge in [-0.25, -0.2) is 8.42 Å². The van der Waals surface area contributed by atoms with Gasteiger partial charge in [-0.3, -0.25) is 9.59 Å². The first-order chi connectivity index (χ1) is 17.3. The van der Waals surface area contributed by atoms with E-state index in [9.17, 15) is 18.0 Å². The molecule has 0 saturated carbocycles. The fourth-order valence-corrected chi connectivity index (χ4v) is 6.11. The quantitative estimate of drug-likeness (QED) is 0.292. The standard InChI is InChI=1S/C27H26ClNO6S/c1-2-34-20-11-13-21(14-12-20)36(32,33)29-16-15-19-7-3-4-8-22(19)25(29)17-27(31)35-18-26(30)23-9-5-6-10-24(23)28/h3-14,25H,2,15-18H2,1H3. The Balaban J connectivity index is 1.55. The van der Waals surface area contributed by atoms with Gasteiger partial charge in [0.2, 0.25) is 15.8 Å². The molecule has 188 valence electrons. The number of rotatable bonds is 9. The summed E-state index contributed by atoms with van der Waals surface area (Å²) in [5, 5.41) is 0.271. The molecule has 3 aromatic rings. The van der Waals surface area contributed by atoms with Crippen LogP contribution in [0.3, 0.4) is 0 Å². The van der Waals surface area contributed by atoms with Gasteiger partial charge in [-0.2, -0.15) is 4.31 Å². The molecule has 9 heteroatoms. The van der Waals surface area contributed by atoms with Gasteiger partial charge >= 0.3 is 5.97 Å². The Hall–Kier alpha value is -3.20. The highest BCUT2D eigenvalue weighted by atomic mass is 35.5. The number of hydrogen-bond donors (Lipinski definition) is 0. The molecule has 1 atom stereocenters. The predicted octanol–water partition coefficient (Wildman–Crippen LogP) is 4.84. The maximum atomic E-state index is 13.6. The van der Waals surface area contributed by atoms with Crippen LogP contribution in [-0.2, 0) is 26.0 Å². The average Bonchev–Trinajstić information content (AvgIpc) is 2.88. The van der Waals surface area contributed by atoms with Crippen LogP contribution in [0.4, 0.5) is 0 Å². The van der Waals surface area contributed by atoms with E-state index >= 15 is 0 Å². The third kappa shape index (κ3) is 5.61. The van der Waals surface area contributed by atoms with Crippen LogP contribution in [0, 0.1) is 0 Å². The lowest BCUT2D eigenvalue weighted by Crippen LogP contribution is -2.41. The van der Waals surface area contributed by atoms with Gasteiger partial charge in [0, 0.05) is 12.1 Å². The number of ether oxygens (including phenoxy) is 2. The summed E-state index contributed by atoms with van der Waals surface area (Å²) < 4.78 is 39.2. The minimum absolute atomic E-state index is 0.109. The van der Waals surface area contributed by atoms with Crippen molar-refractivity contribution in [3.05, 3.63) is 94.5 Å². The molecule has 0 aromatic heterocycles. The van der Waals surface area contributed by atoms with Crippen LogP contribution in [-0.4, -0.2) is 44.2 Å². The molecule has 0 saturated heterocycles. The number of sulfonamides is 1. The maximum Gasteiger partial charge on any atom is 0.308 e. The van der Waals surface area contributed by atoms with Gasteiger partial charge in [0.15, 0.2) is 6.61 Å². The third-order valence-corrected chi connectivity index (χ3v) is 8.26. The Morgan fingerprint density at radius 2 is 1.69 bits per heavy atom. The Bertz CT molecular complexity index is 1360. The van der Waals surface area contributed by atoms with E-state index in [0.717, 1.165) is 11.1 Å². The molecule has 1 aliphatic heterocycles. The number of esters is 1. The fraction of sp³-hybridized carbons (Fsp3) is 0.259. The number of carbonyl (C=O) groups is 2. The van der Waals surface area contributed by atoms with Crippen molar-refractivity contribution >= 4 is 33.4 Å². The molecule has 0 radical (unpaired) electrons. The normalized spacial score (nSPS) is 15.7. The zero-order chi connectivity index (χ0) is 25.7. The maximum absolute atomic E-state index is 13.6. The molecule has 1 heterocycles. The highest BCUT2D eigenvalue weighted by molar-refractivity contribution is 7.89. The van der Waals surface area contributed by atoms with E-state index in [0.29, 0.717) is 18.8 Å². The molecular formula is C27H26ClNO6S. The average molecular weight is 528 g/mol. The van der Waals surface area contributed by atoms with Crippen LogP contribution in [0.5, 0.6) is 5.75 Å². The van der Waals surface area contributed by atoms with Crippen LogP contribution >= 0.6 is 11.6 Å². The second kappa shape index (κ2) is 11.2. The first-order valence-corrected chi connectivity index (χ1v) is 13.4. The molecular weight excluding hydrogens is 502 g/mol. The Morgan fingerprint density at radius 3 is 2.42 bits per heavy atom. The van der Waals surface area contributed by atoms with E-state index in [1.165, 1.54) is 16.4 Å². The minimum Gasteiger partial charge on any atom is -0.494 e. The van der Waals surface area contributed by atoms with Gasteiger partial charge in [-0.1, -0.05) is 48.0 Å². The molecule has 3 aromatic carbocycles. The van der Waals surface area contributed by atoms with Crippen molar-refractivity contribution in [1.82, 2.24) is 4.31 Å². The first-order valence-electron chi connectivity index (χ1n) is 11.6. The van der Waals surface area contributed by atoms with E-state index in [1.807, 2.05) is 31.2 Å². The summed E-state index contributed by atoms with van der Waals surface area (Å²) >= 11 is 6.06. The first kappa shape index (κ1) is 25.9. The van der Waals surface area contributed by atoms with Crippen LogP contribution < -0.4 is 4.74 Å². The zero-order valence-electron chi connectivity index (χ0n) is 19.7. The van der Waals surface area contributed by atoms with Gasteiger partial charge in [0.05, 0.1) is 29.0 Å². The lowest BCUT2D eigenvalue weighted by molar-refractivity contribution is -0.143. The van der Waals surface area contributed by atoms with Crippen molar-refractivity contribution in [3.63, 3.8) is 0 Å². The highest BCUT2D eigenvalue weighted by Crippen LogP contribution is 2.37. The van der Waals surface area contributed by atoms with Gasteiger partial charge < -0.3 is 9.47 Å². The second-order valence-corrected chi connectivity index (χ2v) is 10.6. The highest BCUT2D eigenvalue weighted by Gasteiger charge is 2.38. The van der Waals surface area contributed by atoms with Crippen molar-refractivity contribution in [2.45, 2.75) is 30.7 Å². The minimum atomic E-state index is -3.93. The van der Waals surface area contributed by atoms with E-state index in [1.54, 1.807) is 36.4 Å². The van der Waals surface area contributed by atoms with Crippen LogP contribution in [0.2, 0.25) is 5.02 Å². The summed E-state index contributed by atoms with van der Waals surface area (Å²) in [6, 6.07) is 19.4. The summed E-state index contributed by atoms with van der Waals surface area (Å²) in [6.07, 6.45) is 0.284. The van der Waals surface area contributed by atoms with Crippen LogP contribution in [0.25, 0.3) is 0 Å². The van der Waals surface area contributed by atoms with Gasteiger partial charge in [0.25, 0.3) is 0 Å². The Kier molecular flexibility index (Phi) is 8.08. The molecule has 0 fully saturated rings. The molecule has 36 heavy (non-hydrogen) atoms. The summed E-state index contributed by atoms with van der Waals surface area (Å²) in [5.74, 6) is -0.537. The number of hydrogen-bond acceptors (Lipinski definition) is 6. The van der Waals surface area contributed by atoms with Gasteiger partial charge in [-0.05, 0) is 60.9 Å². The SMILES string of the molecule is CCOc1ccc(S(=O)(=O)N2CCc3ccccc3C2CC(=O)OCC(=O)c2ccccc2Cl)cc1. The van der Waals surface area contributed by atoms with E-state index < -0.39 is 34.4 Å². The molecule has 0 spiro atoms. The molecule has 0 bridgehead atoms. The summed E-state index contributed by atoms with van der Waals surface area (Å²) in [4.78, 5) is 25.4. The lowest BCUT2D eigenvalue weighted by atomic mass is 9.92. The van der Waals surface area contributed by atoms with Crippen molar-refractivity contribution in [2.75, 3.05) is 19.8 Å². The summed E-state index contributed by atoms with van der Waals surface area (Å²) in [7, 11) is -3.93. The number of Topliss-reactive ketones (excluding diaryl/α,β-unsaturated/α-hetero) is 1. The van der Waals surface area contributed by atoms with E-state index in [2.05, 4.69) is 0 Å². The van der Waals surface area contributed by atoms with Crippen molar-refractivity contribution < 1.29 is 27.5 Å². The van der Waals surface area contributed by atoms with Crippen LogP contribution in [0.1, 0.15) is 40.9 Å². The van der Waals surface area contributed by atoms with Crippen LogP contribution in [0.15, 0.2) is 77.7 Å². The van der Waals surface area contributed by atoms with Crippen molar-refractivity contribution in [1.29, 1.82) is 0 Å². The largest absolute Gasteiger partial charge is 0.494 e. The number of benzene rings is 3. The number of fused-ring (bicyclic) bond motifs is 1. The van der Waals surface area contributed by atoms with E-state index in [-0.39, 0.29) is 28.4 Å². The van der Waals surface area contributed by atoms with Gasteiger partial charge in [0.1, 0.15) is 5.75 Å². The third-order valence-electron chi connectivity index (χ3n) is 6.00. The topological polar surface area (TPSA) is 90.0 Å². The second-order valence-electron chi connectivity index (χ2n) is 8.25. The molecule has 1 aliphatic rings. The predicted molar refractivity (Wildman–Crippen MR) is 136 cm³/mol. The molecule has 4 rings (SSSR count). The molecule has 7 nitrogen and oxygen atoms in total. The summed E-state index contributed by atoms with van der Waals surface area (Å²) in [5.41, 5.74) is 1.97. The number of ketones is 1. The monoisotopic (exact) mass is 527 g/mol. The summed E-state index contributed by atoms with van der Waals surface area (Å²) in [6.45, 7) is 2.05. The Labute approximate surface area is 215 Å². The molecule has 1 unspecified atom stereocenters. The molecule has 0 amide bonds. The zero-order valence-corrected chi connectivity index (χ0v) is 21.3. The fourth-order valence-electron chi connectivity index (χ4n) is 4.27. The van der Waals surface area contributed by atoms with Crippen molar-refractivity contribution in [3.8, 4) is 5.75 Å². The number of carbonyl (C=O) groups excluding carboxylic acids is 2. The number of nitrogens with zero attached hydrogens (tertiary/aromatic N) is 1. The molecule has 0 aliphatic carbocycles. The van der Waals surface area contributed by atoms with Gasteiger partial charge in [-0.15, -0.1) is 0 Å². The van der Waals surface area contributed by atoms with E-state index in [4.69, 9.17) is 21.1 Å².